The van der Waals surface area contributed by atoms with Crippen LogP contribution in [0.15, 0.2) is 16.8 Å². The summed E-state index contributed by atoms with van der Waals surface area (Å²) < 4.78 is 0. The number of hydrogen-bond donors (Lipinski definition) is 2. The molecule has 1 aliphatic heterocycles. The highest BCUT2D eigenvalue weighted by Crippen LogP contribution is 2.18. The Kier molecular flexibility index (Phi) is 5.63. The molecule has 0 aliphatic carbocycles. The molecule has 0 saturated carbocycles. The molecule has 1 saturated heterocycles. The van der Waals surface area contributed by atoms with Crippen LogP contribution in [-0.4, -0.2) is 42.7 Å². The van der Waals surface area contributed by atoms with E-state index in [1.807, 2.05) is 16.8 Å². The molecule has 102 valence electrons. The molecule has 1 fully saturated rings. The van der Waals surface area contributed by atoms with Gasteiger partial charge in [-0.1, -0.05) is 6.42 Å². The van der Waals surface area contributed by atoms with E-state index < -0.39 is 0 Å². The lowest BCUT2D eigenvalue weighted by Gasteiger charge is -2.32. The van der Waals surface area contributed by atoms with E-state index in [1.165, 1.54) is 32.2 Å². The van der Waals surface area contributed by atoms with E-state index in [2.05, 4.69) is 17.3 Å². The minimum atomic E-state index is -0.361. The summed E-state index contributed by atoms with van der Waals surface area (Å²) in [4.78, 5) is 2.47. The average Bonchev–Trinajstić information content (AvgIpc) is 2.90. The van der Waals surface area contributed by atoms with Crippen molar-refractivity contribution in [2.24, 2.45) is 0 Å². The smallest absolute Gasteiger partial charge is 0.0922 e. The maximum absolute atomic E-state index is 9.93. The van der Waals surface area contributed by atoms with Crippen LogP contribution < -0.4 is 5.32 Å². The minimum absolute atomic E-state index is 0.361. The molecule has 18 heavy (non-hydrogen) atoms. The van der Waals surface area contributed by atoms with E-state index in [0.717, 1.165) is 18.2 Å². The standard InChI is InChI=1S/C14H24N2OS/c1-16-8-3-2-4-13(16)5-7-15-10-14(17)12-6-9-18-11-12/h6,9,11,13-15,17H,2-5,7-8,10H2,1H3. The zero-order valence-corrected chi connectivity index (χ0v) is 12.0. The molecule has 1 aromatic rings. The maximum Gasteiger partial charge on any atom is 0.0922 e. The molecule has 2 unspecified atom stereocenters. The lowest BCUT2D eigenvalue weighted by molar-refractivity contribution is 0.161. The number of thiophene rings is 1. The van der Waals surface area contributed by atoms with Gasteiger partial charge in [-0.2, -0.15) is 11.3 Å². The zero-order chi connectivity index (χ0) is 12.8. The molecule has 2 rings (SSSR count). The van der Waals surface area contributed by atoms with Crippen molar-refractivity contribution in [3.63, 3.8) is 0 Å². The summed E-state index contributed by atoms with van der Waals surface area (Å²) in [7, 11) is 2.23. The molecule has 0 spiro atoms. The predicted molar refractivity (Wildman–Crippen MR) is 77.0 cm³/mol. The van der Waals surface area contributed by atoms with Crippen molar-refractivity contribution in [2.45, 2.75) is 37.8 Å². The van der Waals surface area contributed by atoms with E-state index in [4.69, 9.17) is 0 Å². The van der Waals surface area contributed by atoms with Crippen LogP contribution >= 0.6 is 11.3 Å². The molecule has 0 amide bonds. The fraction of sp³-hybridized carbons (Fsp3) is 0.714. The third-order valence-electron chi connectivity index (χ3n) is 3.84. The molecule has 3 nitrogen and oxygen atoms in total. The number of aliphatic hydroxyl groups excluding tert-OH is 1. The monoisotopic (exact) mass is 268 g/mol. The van der Waals surface area contributed by atoms with Crippen molar-refractivity contribution in [2.75, 3.05) is 26.7 Å². The molecular weight excluding hydrogens is 244 g/mol. The molecule has 4 heteroatoms. The van der Waals surface area contributed by atoms with Crippen LogP contribution in [0, 0.1) is 0 Å². The third-order valence-corrected chi connectivity index (χ3v) is 4.54. The Balaban J connectivity index is 1.61. The second-order valence-corrected chi connectivity index (χ2v) is 5.98. The lowest BCUT2D eigenvalue weighted by Crippen LogP contribution is -2.38. The van der Waals surface area contributed by atoms with Gasteiger partial charge in [-0.3, -0.25) is 0 Å². The van der Waals surface area contributed by atoms with Crippen LogP contribution in [0.25, 0.3) is 0 Å². The molecule has 2 N–H and O–H groups in total. The lowest BCUT2D eigenvalue weighted by atomic mass is 10.0. The van der Waals surface area contributed by atoms with Gasteiger partial charge in [0.25, 0.3) is 0 Å². The van der Waals surface area contributed by atoms with E-state index in [-0.39, 0.29) is 6.10 Å². The molecule has 2 atom stereocenters. The van der Waals surface area contributed by atoms with Crippen molar-refractivity contribution in [3.05, 3.63) is 22.4 Å². The molecule has 0 bridgehead atoms. The predicted octanol–water partition coefficient (Wildman–Crippen LogP) is 2.25. The quantitative estimate of drug-likeness (QED) is 0.777. The maximum atomic E-state index is 9.93. The number of rotatable bonds is 6. The second kappa shape index (κ2) is 7.24. The highest BCUT2D eigenvalue weighted by molar-refractivity contribution is 7.07. The largest absolute Gasteiger partial charge is 0.387 e. The number of likely N-dealkylation sites (tertiary alicyclic amines) is 1. The summed E-state index contributed by atoms with van der Waals surface area (Å²) in [5.41, 5.74) is 1.03. The van der Waals surface area contributed by atoms with Crippen LogP contribution in [0.5, 0.6) is 0 Å². The summed E-state index contributed by atoms with van der Waals surface area (Å²) in [6.07, 6.45) is 4.86. The first-order valence-electron chi connectivity index (χ1n) is 6.88. The van der Waals surface area contributed by atoms with Crippen LogP contribution in [0.4, 0.5) is 0 Å². The van der Waals surface area contributed by atoms with E-state index in [1.54, 1.807) is 11.3 Å². The van der Waals surface area contributed by atoms with E-state index in [9.17, 15) is 5.11 Å². The van der Waals surface area contributed by atoms with Gasteiger partial charge in [0.15, 0.2) is 0 Å². The fourth-order valence-electron chi connectivity index (χ4n) is 2.60. The van der Waals surface area contributed by atoms with Gasteiger partial charge in [-0.15, -0.1) is 0 Å². The molecule has 0 aromatic carbocycles. The first-order valence-corrected chi connectivity index (χ1v) is 7.83. The minimum Gasteiger partial charge on any atom is -0.387 e. The Morgan fingerprint density at radius 1 is 1.56 bits per heavy atom. The Labute approximate surface area is 114 Å². The van der Waals surface area contributed by atoms with Gasteiger partial charge >= 0.3 is 0 Å². The molecule has 1 aromatic heterocycles. The number of nitrogens with zero attached hydrogens (tertiary/aromatic N) is 1. The molecule has 0 radical (unpaired) electrons. The van der Waals surface area contributed by atoms with Crippen LogP contribution in [0.2, 0.25) is 0 Å². The second-order valence-electron chi connectivity index (χ2n) is 5.20. The van der Waals surface area contributed by atoms with Crippen LogP contribution in [0.3, 0.4) is 0 Å². The summed E-state index contributed by atoms with van der Waals surface area (Å²) in [5, 5.41) is 17.3. The van der Waals surface area contributed by atoms with Gasteiger partial charge in [-0.25, -0.2) is 0 Å². The van der Waals surface area contributed by atoms with Crippen LogP contribution in [0.1, 0.15) is 37.4 Å². The van der Waals surface area contributed by atoms with E-state index in [0.29, 0.717) is 6.54 Å². The summed E-state index contributed by atoms with van der Waals surface area (Å²) in [6.45, 7) is 2.89. The SMILES string of the molecule is CN1CCCCC1CCNCC(O)c1ccsc1. The number of aliphatic hydroxyl groups is 1. The number of piperidine rings is 1. The molecule has 2 heterocycles. The average molecular weight is 268 g/mol. The van der Waals surface area contributed by atoms with Crippen molar-refractivity contribution in [3.8, 4) is 0 Å². The number of hydrogen-bond acceptors (Lipinski definition) is 4. The first-order chi connectivity index (χ1) is 8.77. The van der Waals surface area contributed by atoms with Crippen molar-refractivity contribution in [1.82, 2.24) is 10.2 Å². The van der Waals surface area contributed by atoms with Crippen molar-refractivity contribution >= 4 is 11.3 Å². The molecular formula is C14H24N2OS. The number of nitrogens with one attached hydrogen (secondary N) is 1. The summed E-state index contributed by atoms with van der Waals surface area (Å²) in [5.74, 6) is 0. The Bertz CT molecular complexity index is 329. The summed E-state index contributed by atoms with van der Waals surface area (Å²) >= 11 is 1.64. The van der Waals surface area contributed by atoms with Gasteiger partial charge in [0.1, 0.15) is 0 Å². The summed E-state index contributed by atoms with van der Waals surface area (Å²) in [6, 6.07) is 2.72. The van der Waals surface area contributed by atoms with E-state index >= 15 is 0 Å². The van der Waals surface area contributed by atoms with Crippen LogP contribution in [-0.2, 0) is 0 Å². The highest BCUT2D eigenvalue weighted by Gasteiger charge is 2.18. The van der Waals surface area contributed by atoms with Gasteiger partial charge in [0.2, 0.25) is 0 Å². The van der Waals surface area contributed by atoms with Gasteiger partial charge in [-0.05, 0) is 61.8 Å². The Hall–Kier alpha value is -0.420. The van der Waals surface area contributed by atoms with Gasteiger partial charge in [0.05, 0.1) is 6.10 Å². The zero-order valence-electron chi connectivity index (χ0n) is 11.1. The Morgan fingerprint density at radius 3 is 3.17 bits per heavy atom. The molecule has 1 aliphatic rings. The topological polar surface area (TPSA) is 35.5 Å². The third kappa shape index (κ3) is 4.05. The highest BCUT2D eigenvalue weighted by atomic mass is 32.1. The van der Waals surface area contributed by atoms with Gasteiger partial charge < -0.3 is 15.3 Å². The van der Waals surface area contributed by atoms with Crippen molar-refractivity contribution in [1.29, 1.82) is 0 Å². The Morgan fingerprint density at radius 2 is 2.44 bits per heavy atom. The van der Waals surface area contributed by atoms with Gasteiger partial charge in [0, 0.05) is 12.6 Å². The normalized spacial score (nSPS) is 23.1. The van der Waals surface area contributed by atoms with Crippen molar-refractivity contribution < 1.29 is 5.11 Å². The first kappa shape index (κ1) is 14.0. The fourth-order valence-corrected chi connectivity index (χ4v) is 3.31.